The molecule has 0 N–H and O–H groups in total. The molecule has 0 aromatic rings. The van der Waals surface area contributed by atoms with Crippen LogP contribution in [0.1, 0.15) is 44.9 Å². The van der Waals surface area contributed by atoms with E-state index in [0.717, 1.165) is 37.7 Å². The summed E-state index contributed by atoms with van der Waals surface area (Å²) in [6, 6.07) is 2.64. The van der Waals surface area contributed by atoms with Gasteiger partial charge >= 0.3 is 0 Å². The monoisotopic (exact) mass is 207 g/mol. The average molecular weight is 207 g/mol. The molecule has 0 spiro atoms. The molecule has 0 aromatic heterocycles. The summed E-state index contributed by atoms with van der Waals surface area (Å²) in [5, 5.41) is 9.41. The Balaban J connectivity index is 1.85. The molecule has 0 amide bonds. The van der Waals surface area contributed by atoms with Crippen LogP contribution >= 0.6 is 0 Å². The van der Waals surface area contributed by atoms with E-state index in [1.165, 1.54) is 25.7 Å². The number of ether oxygens (including phenoxy) is 1. The fourth-order valence-corrected chi connectivity index (χ4v) is 3.63. The minimum atomic E-state index is 0.0522. The third-order valence-corrected chi connectivity index (χ3v) is 4.42. The first kappa shape index (κ1) is 11.0. The number of rotatable bonds is 5. The fourth-order valence-electron chi connectivity index (χ4n) is 3.63. The molecular weight excluding hydrogens is 186 g/mol. The van der Waals surface area contributed by atoms with E-state index in [4.69, 9.17) is 4.74 Å². The highest BCUT2D eigenvalue weighted by atomic mass is 16.5. The second-order valence-corrected chi connectivity index (χ2v) is 5.30. The first-order valence-electron chi connectivity index (χ1n) is 6.21. The van der Waals surface area contributed by atoms with Crippen LogP contribution < -0.4 is 0 Å². The molecule has 2 nitrogen and oxygen atoms in total. The van der Waals surface area contributed by atoms with Crippen molar-refractivity contribution in [1.29, 1.82) is 5.26 Å². The van der Waals surface area contributed by atoms with E-state index in [2.05, 4.69) is 6.07 Å². The van der Waals surface area contributed by atoms with E-state index >= 15 is 0 Å². The molecule has 3 atom stereocenters. The summed E-state index contributed by atoms with van der Waals surface area (Å²) in [6.07, 6.45) is 8.57. The van der Waals surface area contributed by atoms with E-state index in [0.29, 0.717) is 0 Å². The van der Waals surface area contributed by atoms with Gasteiger partial charge in [0.25, 0.3) is 0 Å². The topological polar surface area (TPSA) is 33.0 Å². The first-order chi connectivity index (χ1) is 7.30. The third kappa shape index (κ3) is 2.03. The summed E-state index contributed by atoms with van der Waals surface area (Å²) in [5.41, 5.74) is 0.0522. The molecule has 2 fully saturated rings. The van der Waals surface area contributed by atoms with Crippen molar-refractivity contribution in [2.24, 2.45) is 17.3 Å². The number of fused-ring (bicyclic) bond motifs is 2. The maximum Gasteiger partial charge on any atom is 0.0692 e. The smallest absolute Gasteiger partial charge is 0.0692 e. The van der Waals surface area contributed by atoms with Crippen LogP contribution in [0.15, 0.2) is 0 Å². The standard InChI is InChI=1S/C13H21NO/c1-15-7-3-2-6-13(10-14)9-11-4-5-12(13)8-11/h11-12H,2-9H2,1H3. The number of unbranched alkanes of at least 4 members (excludes halogenated alkanes) is 1. The molecule has 2 saturated carbocycles. The zero-order chi connectivity index (χ0) is 10.7. The Hall–Kier alpha value is -0.550. The summed E-state index contributed by atoms with van der Waals surface area (Å²) in [7, 11) is 1.75. The van der Waals surface area contributed by atoms with E-state index in [1.54, 1.807) is 7.11 Å². The highest BCUT2D eigenvalue weighted by molar-refractivity contribution is 5.11. The summed E-state index contributed by atoms with van der Waals surface area (Å²) in [4.78, 5) is 0. The summed E-state index contributed by atoms with van der Waals surface area (Å²) >= 11 is 0. The van der Waals surface area contributed by atoms with Gasteiger partial charge in [0.1, 0.15) is 0 Å². The van der Waals surface area contributed by atoms with Crippen LogP contribution in [-0.2, 0) is 4.74 Å². The highest BCUT2D eigenvalue weighted by Gasteiger charge is 2.50. The predicted molar refractivity (Wildman–Crippen MR) is 59.2 cm³/mol. The molecule has 2 bridgehead atoms. The number of nitrogens with zero attached hydrogens (tertiary/aromatic N) is 1. The second-order valence-electron chi connectivity index (χ2n) is 5.30. The van der Waals surface area contributed by atoms with Crippen molar-refractivity contribution < 1.29 is 4.74 Å². The van der Waals surface area contributed by atoms with Gasteiger partial charge in [-0.2, -0.15) is 5.26 Å². The van der Waals surface area contributed by atoms with Crippen LogP contribution in [0.2, 0.25) is 0 Å². The Morgan fingerprint density at radius 3 is 2.80 bits per heavy atom. The minimum Gasteiger partial charge on any atom is -0.385 e. The molecular formula is C13H21NO. The van der Waals surface area contributed by atoms with Crippen molar-refractivity contribution in [2.75, 3.05) is 13.7 Å². The van der Waals surface area contributed by atoms with Crippen molar-refractivity contribution in [2.45, 2.75) is 44.9 Å². The number of methoxy groups -OCH3 is 1. The molecule has 15 heavy (non-hydrogen) atoms. The molecule has 2 rings (SSSR count). The van der Waals surface area contributed by atoms with E-state index in [-0.39, 0.29) is 5.41 Å². The Labute approximate surface area is 92.6 Å². The zero-order valence-corrected chi connectivity index (χ0v) is 9.67. The molecule has 2 aliphatic rings. The largest absolute Gasteiger partial charge is 0.385 e. The van der Waals surface area contributed by atoms with E-state index in [9.17, 15) is 5.26 Å². The molecule has 0 aromatic carbocycles. The Bertz CT molecular complexity index is 258. The van der Waals surface area contributed by atoms with E-state index in [1.807, 2.05) is 0 Å². The van der Waals surface area contributed by atoms with Gasteiger partial charge in [-0.1, -0.05) is 6.42 Å². The average Bonchev–Trinajstić information content (AvgIpc) is 2.85. The number of hydrogen-bond acceptors (Lipinski definition) is 2. The molecule has 0 aliphatic heterocycles. The van der Waals surface area contributed by atoms with Gasteiger partial charge in [-0.15, -0.1) is 0 Å². The van der Waals surface area contributed by atoms with E-state index < -0.39 is 0 Å². The SMILES string of the molecule is COCCCCC1(C#N)CC2CCC1C2. The van der Waals surface area contributed by atoms with Crippen molar-refractivity contribution in [3.63, 3.8) is 0 Å². The number of hydrogen-bond donors (Lipinski definition) is 0. The van der Waals surface area contributed by atoms with Crippen LogP contribution in [0.3, 0.4) is 0 Å². The van der Waals surface area contributed by atoms with Gasteiger partial charge < -0.3 is 4.74 Å². The maximum atomic E-state index is 9.41. The van der Waals surface area contributed by atoms with Crippen LogP contribution in [0.5, 0.6) is 0 Å². The zero-order valence-electron chi connectivity index (χ0n) is 9.67. The van der Waals surface area contributed by atoms with Crippen molar-refractivity contribution in [1.82, 2.24) is 0 Å². The lowest BCUT2D eigenvalue weighted by Crippen LogP contribution is -2.26. The molecule has 0 radical (unpaired) electrons. The van der Waals surface area contributed by atoms with Gasteiger partial charge in [0.05, 0.1) is 11.5 Å². The van der Waals surface area contributed by atoms with Crippen LogP contribution in [-0.4, -0.2) is 13.7 Å². The van der Waals surface area contributed by atoms with Crippen LogP contribution in [0.4, 0.5) is 0 Å². The Morgan fingerprint density at radius 2 is 2.27 bits per heavy atom. The van der Waals surface area contributed by atoms with Gasteiger partial charge in [0.15, 0.2) is 0 Å². The summed E-state index contributed by atoms with van der Waals surface area (Å²) in [5.74, 6) is 1.59. The molecule has 2 heteroatoms. The van der Waals surface area contributed by atoms with Crippen LogP contribution in [0.25, 0.3) is 0 Å². The van der Waals surface area contributed by atoms with Gasteiger partial charge in [-0.3, -0.25) is 0 Å². The molecule has 84 valence electrons. The molecule has 0 saturated heterocycles. The van der Waals surface area contributed by atoms with Crippen LogP contribution in [0, 0.1) is 28.6 Å². The second kappa shape index (κ2) is 4.53. The Kier molecular flexibility index (Phi) is 3.31. The van der Waals surface area contributed by atoms with Crippen molar-refractivity contribution in [3.8, 4) is 6.07 Å². The molecule has 0 heterocycles. The maximum absolute atomic E-state index is 9.41. The lowest BCUT2D eigenvalue weighted by molar-refractivity contribution is 0.174. The van der Waals surface area contributed by atoms with Gasteiger partial charge in [0.2, 0.25) is 0 Å². The van der Waals surface area contributed by atoms with Crippen molar-refractivity contribution in [3.05, 3.63) is 0 Å². The molecule has 2 aliphatic carbocycles. The third-order valence-electron chi connectivity index (χ3n) is 4.42. The van der Waals surface area contributed by atoms with Gasteiger partial charge in [0, 0.05) is 13.7 Å². The van der Waals surface area contributed by atoms with Gasteiger partial charge in [-0.05, 0) is 50.4 Å². The Morgan fingerprint density at radius 1 is 1.40 bits per heavy atom. The van der Waals surface area contributed by atoms with Crippen molar-refractivity contribution >= 4 is 0 Å². The summed E-state index contributed by atoms with van der Waals surface area (Å²) < 4.78 is 5.05. The summed E-state index contributed by atoms with van der Waals surface area (Å²) in [6.45, 7) is 0.843. The lowest BCUT2D eigenvalue weighted by Gasteiger charge is -2.30. The first-order valence-corrected chi connectivity index (χ1v) is 6.21. The molecule has 3 unspecified atom stereocenters. The predicted octanol–water partition coefficient (Wildman–Crippen LogP) is 3.13. The lowest BCUT2D eigenvalue weighted by atomic mass is 9.71. The minimum absolute atomic E-state index is 0.0522. The number of nitriles is 1. The van der Waals surface area contributed by atoms with Gasteiger partial charge in [-0.25, -0.2) is 0 Å². The normalized spacial score (nSPS) is 38.1. The quantitative estimate of drug-likeness (QED) is 0.649. The highest BCUT2D eigenvalue weighted by Crippen LogP contribution is 2.57. The fraction of sp³-hybridized carbons (Fsp3) is 0.923.